The summed E-state index contributed by atoms with van der Waals surface area (Å²) in [6, 6.07) is 10.7. The highest BCUT2D eigenvalue weighted by atomic mass is 16.6. The van der Waals surface area contributed by atoms with Crippen molar-refractivity contribution >= 4 is 23.3 Å². The molecule has 1 N–H and O–H groups in total. The average molecular weight is 406 g/mol. The van der Waals surface area contributed by atoms with Crippen molar-refractivity contribution in [1.82, 2.24) is 19.5 Å². The maximum Gasteiger partial charge on any atom is 0.410 e. The summed E-state index contributed by atoms with van der Waals surface area (Å²) in [4.78, 5) is 29.3. The molecule has 4 rings (SSSR count). The van der Waals surface area contributed by atoms with Gasteiger partial charge in [-0.2, -0.15) is 5.10 Å². The van der Waals surface area contributed by atoms with Crippen LogP contribution in [0.1, 0.15) is 40.7 Å². The van der Waals surface area contributed by atoms with E-state index in [4.69, 9.17) is 14.8 Å². The van der Waals surface area contributed by atoms with Crippen LogP contribution in [0.2, 0.25) is 0 Å². The molecule has 0 fully saturated rings. The molecule has 3 heterocycles. The van der Waals surface area contributed by atoms with E-state index in [0.29, 0.717) is 31.9 Å². The first-order valence-corrected chi connectivity index (χ1v) is 9.82. The van der Waals surface area contributed by atoms with E-state index in [-0.39, 0.29) is 11.7 Å². The van der Waals surface area contributed by atoms with E-state index >= 15 is 0 Å². The summed E-state index contributed by atoms with van der Waals surface area (Å²) in [5, 5.41) is 13.6. The Balaban J connectivity index is 1.55. The van der Waals surface area contributed by atoms with Crippen LogP contribution in [-0.4, -0.2) is 56.4 Å². The highest BCUT2D eigenvalue weighted by Gasteiger charge is 2.20. The van der Waals surface area contributed by atoms with Crippen molar-refractivity contribution in [2.45, 2.75) is 19.8 Å². The number of benzene rings is 1. The monoisotopic (exact) mass is 406 g/mol. The Hall–Kier alpha value is -3.68. The number of carboxylic acid groups (broad SMARTS) is 1. The van der Waals surface area contributed by atoms with Gasteiger partial charge in [-0.05, 0) is 48.7 Å². The number of pyridine rings is 1. The van der Waals surface area contributed by atoms with Gasteiger partial charge in [-0.1, -0.05) is 18.2 Å². The molecule has 0 unspecified atom stereocenters. The summed E-state index contributed by atoms with van der Waals surface area (Å²) in [5.74, 6) is -0.283. The first-order chi connectivity index (χ1) is 14.5. The normalized spacial score (nSPS) is 13.9. The summed E-state index contributed by atoms with van der Waals surface area (Å²) in [5.41, 5.74) is 4.10. The highest BCUT2D eigenvalue weighted by Crippen LogP contribution is 2.26. The molecule has 3 aromatic rings. The Kier molecular flexibility index (Phi) is 5.47. The van der Waals surface area contributed by atoms with Crippen LogP contribution >= 0.6 is 0 Å². The molecule has 0 saturated heterocycles. The molecule has 1 aromatic carbocycles. The minimum atomic E-state index is -0.945. The first kappa shape index (κ1) is 19.6. The van der Waals surface area contributed by atoms with E-state index in [0.717, 1.165) is 28.8 Å². The van der Waals surface area contributed by atoms with Crippen LogP contribution in [0.3, 0.4) is 0 Å². The van der Waals surface area contributed by atoms with Crippen LogP contribution in [0.25, 0.3) is 11.2 Å². The van der Waals surface area contributed by atoms with E-state index in [1.54, 1.807) is 40.6 Å². The fourth-order valence-electron chi connectivity index (χ4n) is 3.52. The number of hydrogen-bond donors (Lipinski definition) is 1. The van der Waals surface area contributed by atoms with Gasteiger partial charge in [0.1, 0.15) is 0 Å². The summed E-state index contributed by atoms with van der Waals surface area (Å²) < 4.78 is 6.83. The van der Waals surface area contributed by atoms with Gasteiger partial charge in [-0.15, -0.1) is 0 Å². The van der Waals surface area contributed by atoms with Crippen molar-refractivity contribution in [3.63, 3.8) is 0 Å². The molecule has 1 amide bonds. The third-order valence-corrected chi connectivity index (χ3v) is 5.05. The minimum absolute atomic E-state index is 0.255. The molecule has 154 valence electrons. The molecule has 0 saturated carbocycles. The van der Waals surface area contributed by atoms with Gasteiger partial charge in [0.05, 0.1) is 12.2 Å². The first-order valence-electron chi connectivity index (χ1n) is 9.82. The number of hydrogen-bond acceptors (Lipinski definition) is 5. The maximum absolute atomic E-state index is 11.9. The lowest BCUT2D eigenvalue weighted by molar-refractivity contribution is 0.0696. The smallest absolute Gasteiger partial charge is 0.410 e. The predicted molar refractivity (Wildman–Crippen MR) is 110 cm³/mol. The minimum Gasteiger partial charge on any atom is -0.478 e. The molecule has 0 aliphatic carbocycles. The van der Waals surface area contributed by atoms with E-state index in [9.17, 15) is 9.59 Å². The number of fused-ring (bicyclic) bond motifs is 1. The Morgan fingerprint density at radius 1 is 1.20 bits per heavy atom. The number of nitrogens with zero attached hydrogens (tertiary/aromatic N) is 4. The number of carbonyl (C=O) groups is 2. The number of aromatic nitrogens is 3. The lowest BCUT2D eigenvalue weighted by atomic mass is 10.0. The molecule has 0 radical (unpaired) electrons. The zero-order valence-electron chi connectivity index (χ0n) is 16.6. The molecule has 1 aliphatic rings. The van der Waals surface area contributed by atoms with Crippen molar-refractivity contribution in [2.75, 3.05) is 19.7 Å². The topological polar surface area (TPSA) is 97.0 Å². The van der Waals surface area contributed by atoms with Gasteiger partial charge in [0, 0.05) is 31.3 Å². The van der Waals surface area contributed by atoms with Crippen molar-refractivity contribution in [2.24, 2.45) is 0 Å². The predicted octanol–water partition coefficient (Wildman–Crippen LogP) is 3.26. The molecule has 30 heavy (non-hydrogen) atoms. The summed E-state index contributed by atoms with van der Waals surface area (Å²) in [6.45, 7) is 3.27. The van der Waals surface area contributed by atoms with Crippen LogP contribution in [-0.2, 0) is 11.2 Å². The number of rotatable bonds is 5. The average Bonchev–Trinajstić information content (AvgIpc) is 3.17. The quantitative estimate of drug-likeness (QED) is 0.699. The van der Waals surface area contributed by atoms with E-state index in [2.05, 4.69) is 5.10 Å². The highest BCUT2D eigenvalue weighted by molar-refractivity contribution is 5.87. The molecule has 0 bridgehead atoms. The third kappa shape index (κ3) is 4.03. The van der Waals surface area contributed by atoms with Gasteiger partial charge >= 0.3 is 12.1 Å². The lowest BCUT2D eigenvalue weighted by Crippen LogP contribution is -2.35. The molecule has 8 heteroatoms. The molecule has 1 aliphatic heterocycles. The molecular formula is C22H22N4O4. The lowest BCUT2D eigenvalue weighted by Gasteiger charge is -2.25. The van der Waals surface area contributed by atoms with Crippen molar-refractivity contribution < 1.29 is 19.4 Å². The van der Waals surface area contributed by atoms with Gasteiger partial charge in [-0.3, -0.25) is 0 Å². The summed E-state index contributed by atoms with van der Waals surface area (Å²) in [6.07, 6.45) is 4.84. The van der Waals surface area contributed by atoms with Crippen LogP contribution in [0.4, 0.5) is 4.79 Å². The van der Waals surface area contributed by atoms with Crippen LogP contribution < -0.4 is 0 Å². The standard InChI is InChI=1S/C22H22N4O4/c1-2-30-22(29)25-12-9-16(10-13-25)18-4-3-11-26-20(18)23-19(24-26)14-15-5-7-17(8-6-15)21(27)28/h3-9,11H,2,10,12-14H2,1H3,(H,27,28). The second kappa shape index (κ2) is 8.36. The Labute approximate surface area is 173 Å². The third-order valence-electron chi connectivity index (χ3n) is 5.05. The fourth-order valence-corrected chi connectivity index (χ4v) is 3.52. The van der Waals surface area contributed by atoms with Gasteiger partial charge < -0.3 is 14.7 Å². The Bertz CT molecular complexity index is 1120. The van der Waals surface area contributed by atoms with Gasteiger partial charge in [0.2, 0.25) is 0 Å². The number of aromatic carboxylic acids is 1. The molecule has 8 nitrogen and oxygen atoms in total. The second-order valence-corrected chi connectivity index (χ2v) is 7.02. The largest absolute Gasteiger partial charge is 0.478 e. The van der Waals surface area contributed by atoms with Crippen LogP contribution in [0.5, 0.6) is 0 Å². The Morgan fingerprint density at radius 2 is 2.00 bits per heavy atom. The maximum atomic E-state index is 11.9. The van der Waals surface area contributed by atoms with Crippen molar-refractivity contribution in [3.8, 4) is 0 Å². The number of amides is 1. The zero-order chi connectivity index (χ0) is 21.1. The number of carbonyl (C=O) groups excluding carboxylic acids is 1. The Morgan fingerprint density at radius 3 is 2.67 bits per heavy atom. The van der Waals surface area contributed by atoms with Crippen molar-refractivity contribution in [3.05, 3.63) is 71.2 Å². The van der Waals surface area contributed by atoms with Gasteiger partial charge in [0.15, 0.2) is 11.5 Å². The molecule has 0 spiro atoms. The summed E-state index contributed by atoms with van der Waals surface area (Å²) in [7, 11) is 0. The summed E-state index contributed by atoms with van der Waals surface area (Å²) >= 11 is 0. The van der Waals surface area contributed by atoms with Crippen molar-refractivity contribution in [1.29, 1.82) is 0 Å². The SMILES string of the molecule is CCOC(=O)N1CC=C(c2cccn3nc(Cc4ccc(C(=O)O)cc4)nc23)CC1. The zero-order valence-corrected chi connectivity index (χ0v) is 16.6. The molecule has 2 aromatic heterocycles. The fraction of sp³-hybridized carbons (Fsp3) is 0.273. The van der Waals surface area contributed by atoms with Gasteiger partial charge in [-0.25, -0.2) is 19.1 Å². The number of carboxylic acids is 1. The van der Waals surface area contributed by atoms with Gasteiger partial charge in [0.25, 0.3) is 0 Å². The second-order valence-electron chi connectivity index (χ2n) is 7.02. The van der Waals surface area contributed by atoms with E-state index in [1.807, 2.05) is 24.4 Å². The molecule has 0 atom stereocenters. The van der Waals surface area contributed by atoms with E-state index < -0.39 is 5.97 Å². The van der Waals surface area contributed by atoms with Crippen LogP contribution in [0, 0.1) is 0 Å². The molecular weight excluding hydrogens is 384 g/mol. The van der Waals surface area contributed by atoms with E-state index in [1.165, 1.54) is 0 Å². The number of ether oxygens (including phenoxy) is 1. The van der Waals surface area contributed by atoms with Crippen LogP contribution in [0.15, 0.2) is 48.7 Å².